The molecule has 0 aliphatic rings. The number of halogens is 1. The molecule has 1 amide bonds. The maximum atomic E-state index is 13.9. The maximum Gasteiger partial charge on any atom is 0.272 e. The lowest BCUT2D eigenvalue weighted by molar-refractivity contribution is 0.102. The smallest absolute Gasteiger partial charge is 0.272 e. The van der Waals surface area contributed by atoms with E-state index in [1.54, 1.807) is 24.7 Å². The third-order valence-electron chi connectivity index (χ3n) is 4.10. The van der Waals surface area contributed by atoms with Crippen LogP contribution in [0, 0.1) is 12.7 Å². The number of imidazole rings is 1. The third-order valence-corrected chi connectivity index (χ3v) is 4.10. The van der Waals surface area contributed by atoms with Gasteiger partial charge in [-0.1, -0.05) is 12.1 Å². The van der Waals surface area contributed by atoms with Crippen LogP contribution < -0.4 is 5.32 Å². The number of hydrogen-bond donors (Lipinski definition) is 2. The van der Waals surface area contributed by atoms with Crippen LogP contribution in [0.5, 0.6) is 0 Å². The van der Waals surface area contributed by atoms with E-state index in [9.17, 15) is 9.18 Å². The van der Waals surface area contributed by atoms with Crippen LogP contribution in [0.4, 0.5) is 10.1 Å². The molecule has 0 spiro atoms. The number of aryl methyl sites for hydroxylation is 1. The minimum atomic E-state index is -0.349. The van der Waals surface area contributed by atoms with Crippen molar-refractivity contribution in [2.24, 2.45) is 0 Å². The van der Waals surface area contributed by atoms with Crippen molar-refractivity contribution in [3.05, 3.63) is 78.3 Å². The lowest BCUT2D eigenvalue weighted by Gasteiger charge is -2.07. The summed E-state index contributed by atoms with van der Waals surface area (Å²) in [7, 11) is 0. The van der Waals surface area contributed by atoms with E-state index in [4.69, 9.17) is 0 Å². The van der Waals surface area contributed by atoms with Crippen molar-refractivity contribution in [3.63, 3.8) is 0 Å². The first-order valence-electron chi connectivity index (χ1n) is 7.79. The Bertz CT molecular complexity index is 1030. The van der Waals surface area contributed by atoms with Gasteiger partial charge in [-0.3, -0.25) is 4.79 Å². The van der Waals surface area contributed by atoms with Crippen molar-refractivity contribution in [2.75, 3.05) is 5.32 Å². The standard InChI is InChI=1S/C19H15FN4O/c1-12-5-6-16(20)15-10-17(23-18(12)15)19(25)22-13-3-2-4-14(9-13)24-8-7-21-11-24/h2-11,23H,1H3,(H,22,25). The number of benzene rings is 2. The number of fused-ring (bicyclic) bond motifs is 1. The molecule has 5 nitrogen and oxygen atoms in total. The fourth-order valence-electron chi connectivity index (χ4n) is 2.80. The Hall–Kier alpha value is -3.41. The second kappa shape index (κ2) is 5.90. The summed E-state index contributed by atoms with van der Waals surface area (Å²) in [6.07, 6.45) is 5.20. The summed E-state index contributed by atoms with van der Waals surface area (Å²) >= 11 is 0. The summed E-state index contributed by atoms with van der Waals surface area (Å²) < 4.78 is 15.8. The van der Waals surface area contributed by atoms with Crippen molar-refractivity contribution in [3.8, 4) is 5.69 Å². The van der Waals surface area contributed by atoms with E-state index in [-0.39, 0.29) is 11.7 Å². The summed E-state index contributed by atoms with van der Waals surface area (Å²) in [5, 5.41) is 3.25. The third kappa shape index (κ3) is 2.78. The Morgan fingerprint density at radius 1 is 1.24 bits per heavy atom. The first-order valence-corrected chi connectivity index (χ1v) is 7.79. The number of nitrogens with zero attached hydrogens (tertiary/aromatic N) is 2. The fraction of sp³-hybridized carbons (Fsp3) is 0.0526. The van der Waals surface area contributed by atoms with Gasteiger partial charge >= 0.3 is 0 Å². The van der Waals surface area contributed by atoms with E-state index in [1.165, 1.54) is 12.1 Å². The van der Waals surface area contributed by atoms with E-state index in [2.05, 4.69) is 15.3 Å². The molecule has 2 aromatic carbocycles. The van der Waals surface area contributed by atoms with E-state index in [1.807, 2.05) is 35.9 Å². The van der Waals surface area contributed by atoms with Crippen molar-refractivity contribution >= 4 is 22.5 Å². The number of aromatic amines is 1. The number of anilines is 1. The highest BCUT2D eigenvalue weighted by atomic mass is 19.1. The molecule has 0 saturated carbocycles. The topological polar surface area (TPSA) is 62.7 Å². The molecule has 4 aromatic rings. The predicted molar refractivity (Wildman–Crippen MR) is 94.5 cm³/mol. The van der Waals surface area contributed by atoms with Gasteiger partial charge in [0.2, 0.25) is 0 Å². The Labute approximate surface area is 143 Å². The van der Waals surface area contributed by atoms with Gasteiger partial charge in [-0.15, -0.1) is 0 Å². The van der Waals surface area contributed by atoms with Crippen molar-refractivity contribution in [1.29, 1.82) is 0 Å². The lowest BCUT2D eigenvalue weighted by Crippen LogP contribution is -2.12. The predicted octanol–water partition coefficient (Wildman–Crippen LogP) is 4.05. The molecule has 0 fully saturated rings. The van der Waals surface area contributed by atoms with Crippen molar-refractivity contribution < 1.29 is 9.18 Å². The van der Waals surface area contributed by atoms with Gasteiger partial charge in [-0.25, -0.2) is 9.37 Å². The summed E-state index contributed by atoms with van der Waals surface area (Å²) in [6, 6.07) is 12.0. The van der Waals surface area contributed by atoms with Crippen LogP contribution >= 0.6 is 0 Å². The quantitative estimate of drug-likeness (QED) is 0.593. The number of aromatic nitrogens is 3. The number of hydrogen-bond acceptors (Lipinski definition) is 2. The highest BCUT2D eigenvalue weighted by Gasteiger charge is 2.13. The molecule has 2 N–H and O–H groups in total. The molecule has 0 aliphatic heterocycles. The van der Waals surface area contributed by atoms with Gasteiger partial charge in [-0.05, 0) is 42.8 Å². The molecular weight excluding hydrogens is 319 g/mol. The first-order chi connectivity index (χ1) is 12.1. The van der Waals surface area contributed by atoms with Crippen LogP contribution in [0.2, 0.25) is 0 Å². The summed E-state index contributed by atoms with van der Waals surface area (Å²) in [5.74, 6) is -0.671. The number of amides is 1. The average Bonchev–Trinajstić information content (AvgIpc) is 3.28. The minimum absolute atomic E-state index is 0.316. The number of nitrogens with one attached hydrogen (secondary N) is 2. The fourth-order valence-corrected chi connectivity index (χ4v) is 2.80. The van der Waals surface area contributed by atoms with Crippen molar-refractivity contribution in [1.82, 2.24) is 14.5 Å². The molecule has 0 radical (unpaired) electrons. The van der Waals surface area contributed by atoms with Crippen LogP contribution in [0.25, 0.3) is 16.6 Å². The number of H-pyrrole nitrogens is 1. The summed E-state index contributed by atoms with van der Waals surface area (Å²) in [4.78, 5) is 19.5. The molecule has 0 bridgehead atoms. The number of carbonyl (C=O) groups is 1. The van der Waals surface area contributed by atoms with Gasteiger partial charge in [-0.2, -0.15) is 0 Å². The van der Waals surface area contributed by atoms with Crippen LogP contribution in [0.1, 0.15) is 16.1 Å². The molecule has 0 atom stereocenters. The monoisotopic (exact) mass is 334 g/mol. The van der Waals surface area contributed by atoms with E-state index in [0.29, 0.717) is 22.3 Å². The largest absolute Gasteiger partial charge is 0.350 e. The zero-order valence-corrected chi connectivity index (χ0v) is 13.5. The molecule has 6 heteroatoms. The molecule has 2 heterocycles. The molecule has 0 unspecified atom stereocenters. The Balaban J connectivity index is 1.63. The van der Waals surface area contributed by atoms with Gasteiger partial charge in [0, 0.05) is 29.2 Å². The summed E-state index contributed by atoms with van der Waals surface area (Å²) in [5.41, 5.74) is 3.37. The number of carbonyl (C=O) groups excluding carboxylic acids is 1. The van der Waals surface area contributed by atoms with E-state index in [0.717, 1.165) is 11.3 Å². The molecule has 2 aromatic heterocycles. The molecule has 124 valence electrons. The van der Waals surface area contributed by atoms with Crippen LogP contribution in [0.15, 0.2) is 61.2 Å². The van der Waals surface area contributed by atoms with Gasteiger partial charge in [0.15, 0.2) is 0 Å². The molecule has 0 aliphatic carbocycles. The van der Waals surface area contributed by atoms with E-state index >= 15 is 0 Å². The van der Waals surface area contributed by atoms with Crippen LogP contribution in [-0.2, 0) is 0 Å². The lowest BCUT2D eigenvalue weighted by atomic mass is 10.1. The molecular formula is C19H15FN4O. The van der Waals surface area contributed by atoms with Gasteiger partial charge in [0.25, 0.3) is 5.91 Å². The number of rotatable bonds is 3. The van der Waals surface area contributed by atoms with Crippen molar-refractivity contribution in [2.45, 2.75) is 6.92 Å². The van der Waals surface area contributed by atoms with Crippen LogP contribution in [0.3, 0.4) is 0 Å². The highest BCUT2D eigenvalue weighted by molar-refractivity contribution is 6.06. The zero-order valence-electron chi connectivity index (χ0n) is 13.5. The zero-order chi connectivity index (χ0) is 17.4. The average molecular weight is 334 g/mol. The van der Waals surface area contributed by atoms with Gasteiger partial charge in [0.1, 0.15) is 11.5 Å². The first kappa shape index (κ1) is 15.1. The Morgan fingerprint density at radius 2 is 2.12 bits per heavy atom. The van der Waals surface area contributed by atoms with Crippen LogP contribution in [-0.4, -0.2) is 20.4 Å². The second-order valence-electron chi connectivity index (χ2n) is 5.81. The Kier molecular flexibility index (Phi) is 3.57. The minimum Gasteiger partial charge on any atom is -0.350 e. The highest BCUT2D eigenvalue weighted by Crippen LogP contribution is 2.23. The molecule has 25 heavy (non-hydrogen) atoms. The van der Waals surface area contributed by atoms with Gasteiger partial charge in [0.05, 0.1) is 11.8 Å². The Morgan fingerprint density at radius 3 is 2.88 bits per heavy atom. The second-order valence-corrected chi connectivity index (χ2v) is 5.81. The molecule has 0 saturated heterocycles. The van der Waals surface area contributed by atoms with Gasteiger partial charge < -0.3 is 14.9 Å². The molecule has 4 rings (SSSR count). The van der Waals surface area contributed by atoms with E-state index < -0.39 is 0 Å². The SMILES string of the molecule is Cc1ccc(F)c2cc(C(=O)Nc3cccc(-n4ccnc4)c3)[nH]c12. The maximum absolute atomic E-state index is 13.9. The summed E-state index contributed by atoms with van der Waals surface area (Å²) in [6.45, 7) is 1.87. The normalized spacial score (nSPS) is 11.0.